The van der Waals surface area contributed by atoms with E-state index >= 15 is 0 Å². The van der Waals surface area contributed by atoms with E-state index in [1.807, 2.05) is 85.1 Å². The molecule has 0 saturated carbocycles. The van der Waals surface area contributed by atoms with Crippen molar-refractivity contribution in [2.75, 3.05) is 0 Å². The number of benzene rings is 6. The number of pyridine rings is 1. The molecule has 0 bridgehead atoms. The summed E-state index contributed by atoms with van der Waals surface area (Å²) in [5, 5.41) is 7.18. The first kappa shape index (κ1) is 33.8. The van der Waals surface area contributed by atoms with Gasteiger partial charge in [-0.15, -0.1) is 0 Å². The lowest BCUT2D eigenvalue weighted by Crippen LogP contribution is -2.02. The van der Waals surface area contributed by atoms with Crippen LogP contribution in [0.3, 0.4) is 0 Å². The molecule has 0 aliphatic rings. The molecule has 0 radical (unpaired) electrons. The van der Waals surface area contributed by atoms with E-state index in [2.05, 4.69) is 116 Å². The molecule has 4 nitrogen and oxygen atoms in total. The Hall–Kier alpha value is -7.30. The van der Waals surface area contributed by atoms with Crippen LogP contribution in [-0.2, 0) is 0 Å². The van der Waals surface area contributed by atoms with Crippen LogP contribution in [0.2, 0.25) is 0 Å². The molecule has 54 heavy (non-hydrogen) atoms. The van der Waals surface area contributed by atoms with E-state index in [-0.39, 0.29) is 0 Å². The third kappa shape index (κ3) is 7.36. The number of hydrogen-bond donors (Lipinski definition) is 0. The minimum absolute atomic E-state index is 0.491. The van der Waals surface area contributed by atoms with Gasteiger partial charge in [-0.05, 0) is 79.6 Å². The number of fused-ring (bicyclic) bond motifs is 4. The number of allylic oxidation sites excluding steroid dienone is 8. The Bertz CT molecular complexity index is 2790. The lowest BCUT2D eigenvalue weighted by atomic mass is 9.92. The maximum atomic E-state index is 4.88. The first-order valence-electron chi connectivity index (χ1n) is 17.9. The number of hydrogen-bond acceptors (Lipinski definition) is 4. The van der Waals surface area contributed by atoms with Crippen molar-refractivity contribution in [3.8, 4) is 22.5 Å². The Morgan fingerprint density at radius 1 is 0.556 bits per heavy atom. The molecule has 256 valence electrons. The van der Waals surface area contributed by atoms with Crippen LogP contribution in [0.1, 0.15) is 22.9 Å². The number of aromatic nitrogens is 4. The normalized spacial score (nSPS) is 12.1. The number of rotatable bonds is 10. The average molecular weight is 693 g/mol. The summed E-state index contributed by atoms with van der Waals surface area (Å²) in [4.78, 5) is 19.2. The van der Waals surface area contributed by atoms with Crippen molar-refractivity contribution in [2.24, 2.45) is 0 Å². The molecule has 0 spiro atoms. The number of nitrogens with zero attached hydrogens (tertiary/aromatic N) is 4. The third-order valence-corrected chi connectivity index (χ3v) is 9.29. The van der Waals surface area contributed by atoms with Crippen molar-refractivity contribution in [1.82, 2.24) is 19.9 Å². The van der Waals surface area contributed by atoms with Gasteiger partial charge in [-0.2, -0.15) is 0 Å². The van der Waals surface area contributed by atoms with Crippen LogP contribution in [0.5, 0.6) is 0 Å². The predicted molar refractivity (Wildman–Crippen MR) is 228 cm³/mol. The minimum atomic E-state index is 0.491. The van der Waals surface area contributed by atoms with Crippen LogP contribution >= 0.6 is 0 Å². The quantitative estimate of drug-likeness (QED) is 0.106. The van der Waals surface area contributed by atoms with Crippen molar-refractivity contribution in [3.05, 3.63) is 218 Å². The van der Waals surface area contributed by atoms with Crippen LogP contribution in [0.4, 0.5) is 0 Å². The summed E-state index contributed by atoms with van der Waals surface area (Å²) in [5.74, 6) is 1.60. The van der Waals surface area contributed by atoms with Crippen LogP contribution in [-0.4, -0.2) is 19.9 Å². The summed E-state index contributed by atoms with van der Waals surface area (Å²) in [5.41, 5.74) is 6.72. The molecule has 0 N–H and O–H groups in total. The molecule has 2 heterocycles. The Labute approximate surface area is 315 Å². The fraction of sp³-hybridized carbons (Fsp3) is 0. The summed E-state index contributed by atoms with van der Waals surface area (Å²) in [7, 11) is 0. The van der Waals surface area contributed by atoms with E-state index in [4.69, 9.17) is 19.9 Å². The maximum absolute atomic E-state index is 4.88. The highest BCUT2D eigenvalue weighted by atomic mass is 15.0. The van der Waals surface area contributed by atoms with Gasteiger partial charge in [0.1, 0.15) is 0 Å². The molecular formula is C50H36N4. The lowest BCUT2D eigenvalue weighted by molar-refractivity contribution is 1.01. The molecule has 2 aromatic heterocycles. The SMILES string of the molecule is C=C/C=C\C=C\c1nc(C(=C)/C=C(\C=C\c2cc3ccccc3cn2)c2ccc(-c3cc4ccccc4c4ccccc34)cc2)nc(-c2ccccc2)n1. The third-order valence-electron chi connectivity index (χ3n) is 9.29. The molecular weight excluding hydrogens is 657 g/mol. The molecule has 0 unspecified atom stereocenters. The smallest absolute Gasteiger partial charge is 0.164 e. The Morgan fingerprint density at radius 3 is 2.06 bits per heavy atom. The standard InChI is InChI=1S/C50H36N4/c1-3-4-5-9-24-48-52-49(54-50(53-48)38-16-7-6-8-17-38)35(2)31-40(29-30-43-32-39-18-10-11-20-42(39)34-51-43)36-25-27-37(28-26-36)47-33-41-19-12-13-21-44(41)45-22-14-15-23-46(45)47/h3-34H,1-2H2/b5-4-,24-9+,30-29+,40-31+. The summed E-state index contributed by atoms with van der Waals surface area (Å²) in [6.45, 7) is 8.22. The first-order valence-corrected chi connectivity index (χ1v) is 17.9. The van der Waals surface area contributed by atoms with Crippen LogP contribution in [0.25, 0.3) is 78.1 Å². The lowest BCUT2D eigenvalue weighted by Gasteiger charge is -2.12. The van der Waals surface area contributed by atoms with Crippen molar-refractivity contribution < 1.29 is 0 Å². The summed E-state index contributed by atoms with van der Waals surface area (Å²) < 4.78 is 0. The largest absolute Gasteiger partial charge is 0.256 e. The topological polar surface area (TPSA) is 51.6 Å². The van der Waals surface area contributed by atoms with E-state index in [0.29, 0.717) is 23.0 Å². The molecule has 0 saturated heterocycles. The molecule has 4 heteroatoms. The van der Waals surface area contributed by atoms with E-state index < -0.39 is 0 Å². The van der Waals surface area contributed by atoms with Gasteiger partial charge in [0, 0.05) is 22.7 Å². The summed E-state index contributed by atoms with van der Waals surface area (Å²) in [6.07, 6.45) is 17.3. The molecule has 6 aromatic carbocycles. The summed E-state index contributed by atoms with van der Waals surface area (Å²) in [6, 6.07) is 48.5. The second-order valence-corrected chi connectivity index (χ2v) is 12.9. The molecule has 0 atom stereocenters. The van der Waals surface area contributed by atoms with Crippen LogP contribution in [0, 0.1) is 0 Å². The maximum Gasteiger partial charge on any atom is 0.164 e. The highest BCUT2D eigenvalue weighted by Crippen LogP contribution is 2.36. The molecule has 0 fully saturated rings. The van der Waals surface area contributed by atoms with E-state index in [1.165, 1.54) is 27.1 Å². The minimum Gasteiger partial charge on any atom is -0.256 e. The highest BCUT2D eigenvalue weighted by Gasteiger charge is 2.12. The van der Waals surface area contributed by atoms with Gasteiger partial charge in [0.2, 0.25) is 0 Å². The van der Waals surface area contributed by atoms with Crippen molar-refractivity contribution in [2.45, 2.75) is 0 Å². The highest BCUT2D eigenvalue weighted by molar-refractivity contribution is 6.13. The van der Waals surface area contributed by atoms with Gasteiger partial charge in [-0.1, -0.05) is 171 Å². The summed E-state index contributed by atoms with van der Waals surface area (Å²) >= 11 is 0. The first-order chi connectivity index (χ1) is 26.6. The van der Waals surface area contributed by atoms with Crippen LogP contribution in [0.15, 0.2) is 195 Å². The van der Waals surface area contributed by atoms with E-state index in [1.54, 1.807) is 6.08 Å². The Morgan fingerprint density at radius 2 is 1.26 bits per heavy atom. The molecule has 0 amide bonds. The second-order valence-electron chi connectivity index (χ2n) is 12.9. The van der Waals surface area contributed by atoms with Gasteiger partial charge in [-0.25, -0.2) is 15.0 Å². The molecule has 0 aliphatic carbocycles. The van der Waals surface area contributed by atoms with E-state index in [0.717, 1.165) is 38.7 Å². The van der Waals surface area contributed by atoms with Gasteiger partial charge >= 0.3 is 0 Å². The van der Waals surface area contributed by atoms with Crippen LogP contribution < -0.4 is 0 Å². The van der Waals surface area contributed by atoms with Crippen molar-refractivity contribution in [1.29, 1.82) is 0 Å². The zero-order chi connectivity index (χ0) is 36.7. The van der Waals surface area contributed by atoms with Crippen molar-refractivity contribution >= 4 is 55.6 Å². The Kier molecular flexibility index (Phi) is 9.72. The van der Waals surface area contributed by atoms with Gasteiger partial charge in [0.25, 0.3) is 0 Å². The monoisotopic (exact) mass is 692 g/mol. The zero-order valence-corrected chi connectivity index (χ0v) is 29.7. The fourth-order valence-corrected chi connectivity index (χ4v) is 6.59. The van der Waals surface area contributed by atoms with Gasteiger partial charge in [-0.3, -0.25) is 4.98 Å². The van der Waals surface area contributed by atoms with Gasteiger partial charge in [0.05, 0.1) is 5.69 Å². The van der Waals surface area contributed by atoms with E-state index in [9.17, 15) is 0 Å². The Balaban J connectivity index is 1.21. The fourth-order valence-electron chi connectivity index (χ4n) is 6.59. The molecule has 0 aliphatic heterocycles. The predicted octanol–water partition coefficient (Wildman–Crippen LogP) is 12.6. The van der Waals surface area contributed by atoms with Gasteiger partial charge in [0.15, 0.2) is 17.5 Å². The zero-order valence-electron chi connectivity index (χ0n) is 29.7. The van der Waals surface area contributed by atoms with Gasteiger partial charge < -0.3 is 0 Å². The molecule has 8 rings (SSSR count). The van der Waals surface area contributed by atoms with Crippen molar-refractivity contribution in [3.63, 3.8) is 0 Å². The molecule has 8 aromatic rings. The average Bonchev–Trinajstić information content (AvgIpc) is 3.23. The second kappa shape index (κ2) is 15.5.